The van der Waals surface area contributed by atoms with Gasteiger partial charge in [-0.15, -0.1) is 11.3 Å². The second-order valence-electron chi connectivity index (χ2n) is 4.64. The number of hydrogen-bond acceptors (Lipinski definition) is 4. The van der Waals surface area contributed by atoms with E-state index in [0.717, 1.165) is 15.7 Å². The van der Waals surface area contributed by atoms with Crippen LogP contribution >= 0.6 is 27.3 Å². The lowest BCUT2D eigenvalue weighted by Crippen LogP contribution is -2.40. The van der Waals surface area contributed by atoms with Crippen LogP contribution in [0.15, 0.2) is 34.2 Å². The predicted molar refractivity (Wildman–Crippen MR) is 85.6 cm³/mol. The van der Waals surface area contributed by atoms with E-state index in [4.69, 9.17) is 0 Å². The molecule has 5 nitrogen and oxygen atoms in total. The van der Waals surface area contributed by atoms with Crippen molar-refractivity contribution >= 4 is 49.9 Å². The van der Waals surface area contributed by atoms with Crippen LogP contribution in [0.2, 0.25) is 0 Å². The average Bonchev–Trinajstić information content (AvgIpc) is 2.95. The molecule has 0 fully saturated rings. The third kappa shape index (κ3) is 3.14. The molecule has 0 saturated heterocycles. The van der Waals surface area contributed by atoms with E-state index in [-0.39, 0.29) is 18.4 Å². The molecule has 0 radical (unpaired) electrons. The van der Waals surface area contributed by atoms with Gasteiger partial charge in [0.25, 0.3) is 0 Å². The van der Waals surface area contributed by atoms with E-state index < -0.39 is 0 Å². The van der Waals surface area contributed by atoms with Gasteiger partial charge in [-0.05, 0) is 30.2 Å². The fourth-order valence-electron chi connectivity index (χ4n) is 2.29. The molecule has 0 unspecified atom stereocenters. The topological polar surface area (TPSA) is 62.3 Å². The first kappa shape index (κ1) is 14.2. The van der Waals surface area contributed by atoms with Crippen LogP contribution in [0, 0.1) is 0 Å². The standard InChI is InChI=1S/C14H12BrN3O2S/c15-10-2-3-11-9(7-10)1-4-13(20)18(11)8-12(19)17-14-16-5-6-21-14/h2-3,5-7H,1,4,8H2,(H,16,17,19). The Morgan fingerprint density at radius 2 is 2.29 bits per heavy atom. The molecule has 7 heteroatoms. The van der Waals surface area contributed by atoms with Crippen molar-refractivity contribution in [1.82, 2.24) is 4.98 Å². The van der Waals surface area contributed by atoms with Gasteiger partial charge in [0.05, 0.1) is 0 Å². The zero-order chi connectivity index (χ0) is 14.8. The summed E-state index contributed by atoms with van der Waals surface area (Å²) in [5, 5.41) is 5.03. The van der Waals surface area contributed by atoms with E-state index in [9.17, 15) is 9.59 Å². The highest BCUT2D eigenvalue weighted by molar-refractivity contribution is 9.10. The minimum absolute atomic E-state index is 0.00699. The Hall–Kier alpha value is -1.73. The number of nitrogens with zero attached hydrogens (tertiary/aromatic N) is 2. The summed E-state index contributed by atoms with van der Waals surface area (Å²) in [5.41, 5.74) is 1.88. The maximum Gasteiger partial charge on any atom is 0.246 e. The molecule has 108 valence electrons. The lowest BCUT2D eigenvalue weighted by Gasteiger charge is -2.28. The highest BCUT2D eigenvalue weighted by atomic mass is 79.9. The Kier molecular flexibility index (Phi) is 4.03. The summed E-state index contributed by atoms with van der Waals surface area (Å²) in [5.74, 6) is -0.270. The Balaban J connectivity index is 1.78. The molecule has 0 spiro atoms. The van der Waals surface area contributed by atoms with Gasteiger partial charge < -0.3 is 10.2 Å². The number of fused-ring (bicyclic) bond motifs is 1. The van der Waals surface area contributed by atoms with Gasteiger partial charge in [0, 0.05) is 28.2 Å². The van der Waals surface area contributed by atoms with Crippen LogP contribution in [-0.4, -0.2) is 23.3 Å². The van der Waals surface area contributed by atoms with E-state index in [0.29, 0.717) is 18.0 Å². The van der Waals surface area contributed by atoms with Crippen LogP contribution < -0.4 is 10.2 Å². The first-order valence-corrected chi connectivity index (χ1v) is 8.09. The Labute approximate surface area is 134 Å². The largest absolute Gasteiger partial charge is 0.303 e. The molecule has 2 amide bonds. The lowest BCUT2D eigenvalue weighted by atomic mass is 10.0. The second kappa shape index (κ2) is 5.95. The number of thiazole rings is 1. The summed E-state index contributed by atoms with van der Waals surface area (Å²) in [6, 6.07) is 5.74. The fourth-order valence-corrected chi connectivity index (χ4v) is 3.24. The number of rotatable bonds is 3. The van der Waals surface area contributed by atoms with E-state index in [1.807, 2.05) is 18.2 Å². The molecule has 1 aliphatic heterocycles. The van der Waals surface area contributed by atoms with Gasteiger partial charge in [-0.3, -0.25) is 9.59 Å². The van der Waals surface area contributed by atoms with Crippen molar-refractivity contribution in [2.24, 2.45) is 0 Å². The zero-order valence-electron chi connectivity index (χ0n) is 11.0. The first-order valence-electron chi connectivity index (χ1n) is 6.41. The quantitative estimate of drug-likeness (QED) is 0.909. The number of hydrogen-bond donors (Lipinski definition) is 1. The first-order chi connectivity index (χ1) is 10.1. The molecule has 2 aromatic rings. The van der Waals surface area contributed by atoms with Gasteiger partial charge >= 0.3 is 0 Å². The molecular weight excluding hydrogens is 354 g/mol. The third-order valence-electron chi connectivity index (χ3n) is 3.22. The number of carbonyl (C=O) groups excluding carboxylic acids is 2. The molecule has 0 bridgehead atoms. The molecule has 3 rings (SSSR count). The van der Waals surface area contributed by atoms with E-state index in [1.54, 1.807) is 11.6 Å². The molecule has 0 saturated carbocycles. The van der Waals surface area contributed by atoms with Crippen molar-refractivity contribution in [2.75, 3.05) is 16.8 Å². The molecule has 0 aliphatic carbocycles. The number of benzene rings is 1. The fraction of sp³-hybridized carbons (Fsp3) is 0.214. The van der Waals surface area contributed by atoms with Crippen molar-refractivity contribution in [3.05, 3.63) is 39.8 Å². The highest BCUT2D eigenvalue weighted by Crippen LogP contribution is 2.30. The van der Waals surface area contributed by atoms with Gasteiger partial charge in [-0.2, -0.15) is 0 Å². The summed E-state index contributed by atoms with van der Waals surface area (Å²) < 4.78 is 0.975. The number of anilines is 2. The van der Waals surface area contributed by atoms with Crippen LogP contribution in [0.5, 0.6) is 0 Å². The van der Waals surface area contributed by atoms with Crippen molar-refractivity contribution in [3.8, 4) is 0 Å². The normalized spacial score (nSPS) is 14.0. The molecule has 1 aromatic heterocycles. The lowest BCUT2D eigenvalue weighted by molar-refractivity contribution is -0.121. The maximum atomic E-state index is 12.1. The van der Waals surface area contributed by atoms with Crippen LogP contribution in [0.4, 0.5) is 10.8 Å². The van der Waals surface area contributed by atoms with Crippen molar-refractivity contribution < 1.29 is 9.59 Å². The average molecular weight is 366 g/mol. The third-order valence-corrected chi connectivity index (χ3v) is 4.40. The predicted octanol–water partition coefficient (Wildman–Crippen LogP) is 2.82. The zero-order valence-corrected chi connectivity index (χ0v) is 13.4. The van der Waals surface area contributed by atoms with Crippen molar-refractivity contribution in [2.45, 2.75) is 12.8 Å². The smallest absolute Gasteiger partial charge is 0.246 e. The minimum Gasteiger partial charge on any atom is -0.303 e. The monoisotopic (exact) mass is 365 g/mol. The van der Waals surface area contributed by atoms with Crippen LogP contribution in [-0.2, 0) is 16.0 Å². The summed E-state index contributed by atoms with van der Waals surface area (Å²) in [6.45, 7) is 0.00699. The van der Waals surface area contributed by atoms with Crippen LogP contribution in [0.25, 0.3) is 0 Å². The number of aryl methyl sites for hydroxylation is 1. The molecular formula is C14H12BrN3O2S. The van der Waals surface area contributed by atoms with Gasteiger partial charge in [0.15, 0.2) is 5.13 Å². The number of carbonyl (C=O) groups is 2. The summed E-state index contributed by atoms with van der Waals surface area (Å²) in [7, 11) is 0. The molecule has 0 atom stereocenters. The second-order valence-corrected chi connectivity index (χ2v) is 6.45. The number of nitrogens with one attached hydrogen (secondary N) is 1. The summed E-state index contributed by atoms with van der Waals surface area (Å²) >= 11 is 4.78. The van der Waals surface area contributed by atoms with Crippen LogP contribution in [0.1, 0.15) is 12.0 Å². The molecule has 1 N–H and O–H groups in total. The van der Waals surface area contributed by atoms with E-state index >= 15 is 0 Å². The van der Waals surface area contributed by atoms with Crippen LogP contribution in [0.3, 0.4) is 0 Å². The number of halogens is 1. The van der Waals surface area contributed by atoms with Gasteiger partial charge in [0.2, 0.25) is 11.8 Å². The number of aromatic nitrogens is 1. The SMILES string of the molecule is O=C(CN1C(=O)CCc2cc(Br)ccc21)Nc1nccs1. The highest BCUT2D eigenvalue weighted by Gasteiger charge is 2.26. The van der Waals surface area contributed by atoms with Gasteiger partial charge in [0.1, 0.15) is 6.54 Å². The molecule has 21 heavy (non-hydrogen) atoms. The summed E-state index contributed by atoms with van der Waals surface area (Å²) in [6.07, 6.45) is 2.76. The van der Waals surface area contributed by atoms with E-state index in [1.165, 1.54) is 16.2 Å². The van der Waals surface area contributed by atoms with Crippen molar-refractivity contribution in [1.29, 1.82) is 0 Å². The maximum absolute atomic E-state index is 12.1. The van der Waals surface area contributed by atoms with Gasteiger partial charge in [-0.1, -0.05) is 15.9 Å². The minimum atomic E-state index is -0.242. The Morgan fingerprint density at radius 1 is 1.43 bits per heavy atom. The molecule has 1 aliphatic rings. The Bertz CT molecular complexity index is 688. The van der Waals surface area contributed by atoms with Crippen molar-refractivity contribution in [3.63, 3.8) is 0 Å². The molecule has 2 heterocycles. The summed E-state index contributed by atoms with van der Waals surface area (Å²) in [4.78, 5) is 29.7. The van der Waals surface area contributed by atoms with Gasteiger partial charge in [-0.25, -0.2) is 4.98 Å². The number of amides is 2. The molecule has 1 aromatic carbocycles. The van der Waals surface area contributed by atoms with E-state index in [2.05, 4.69) is 26.2 Å². The Morgan fingerprint density at radius 3 is 3.05 bits per heavy atom.